The fourth-order valence-electron chi connectivity index (χ4n) is 2.15. The molecule has 1 aliphatic heterocycles. The summed E-state index contributed by atoms with van der Waals surface area (Å²) in [4.78, 5) is 2.31. The van der Waals surface area contributed by atoms with Crippen molar-refractivity contribution in [2.75, 3.05) is 19.6 Å². The molecule has 0 aliphatic carbocycles. The van der Waals surface area contributed by atoms with E-state index in [1.54, 1.807) is 0 Å². The second-order valence-corrected chi connectivity index (χ2v) is 4.72. The summed E-state index contributed by atoms with van der Waals surface area (Å²) in [6.45, 7) is 4.72. The molecule has 84 valence electrons. The lowest BCUT2D eigenvalue weighted by Gasteiger charge is -2.18. The Balaban J connectivity index is 1.83. The van der Waals surface area contributed by atoms with Gasteiger partial charge in [-0.3, -0.25) is 9.58 Å². The van der Waals surface area contributed by atoms with E-state index in [0.29, 0.717) is 0 Å². The summed E-state index contributed by atoms with van der Waals surface area (Å²) < 4.78 is 1.91. The molecule has 0 amide bonds. The van der Waals surface area contributed by atoms with E-state index in [4.69, 9.17) is 0 Å². The van der Waals surface area contributed by atoms with Crippen molar-refractivity contribution in [3.05, 3.63) is 18.0 Å². The summed E-state index contributed by atoms with van der Waals surface area (Å²) >= 11 is 0. The molecule has 0 radical (unpaired) electrons. The zero-order chi connectivity index (χ0) is 10.9. The van der Waals surface area contributed by atoms with E-state index in [-0.39, 0.29) is 0 Å². The normalized spacial score (nSPS) is 27.4. The first kappa shape index (κ1) is 10.6. The van der Waals surface area contributed by atoms with Gasteiger partial charge >= 0.3 is 0 Å². The quantitative estimate of drug-likeness (QED) is 0.784. The molecule has 1 unspecified atom stereocenters. The zero-order valence-electron chi connectivity index (χ0n) is 9.48. The number of aliphatic hydroxyl groups is 1. The highest BCUT2D eigenvalue weighted by molar-refractivity contribution is 5.01. The molecule has 1 saturated heterocycles. The molecule has 1 aliphatic rings. The van der Waals surface area contributed by atoms with E-state index in [9.17, 15) is 5.11 Å². The number of hydrogen-bond donors (Lipinski definition) is 1. The predicted molar refractivity (Wildman–Crippen MR) is 58.6 cm³/mol. The molecule has 1 atom stereocenters. The lowest BCUT2D eigenvalue weighted by Crippen LogP contribution is -2.31. The van der Waals surface area contributed by atoms with Gasteiger partial charge in [0.15, 0.2) is 0 Å². The first-order chi connectivity index (χ1) is 7.07. The maximum atomic E-state index is 9.82. The van der Waals surface area contributed by atoms with Crippen molar-refractivity contribution >= 4 is 0 Å². The molecule has 4 heteroatoms. The van der Waals surface area contributed by atoms with Gasteiger partial charge in [0.2, 0.25) is 0 Å². The van der Waals surface area contributed by atoms with Crippen LogP contribution in [0.25, 0.3) is 0 Å². The Morgan fingerprint density at radius 2 is 2.40 bits per heavy atom. The topological polar surface area (TPSA) is 41.3 Å². The van der Waals surface area contributed by atoms with Gasteiger partial charge < -0.3 is 5.11 Å². The van der Waals surface area contributed by atoms with Crippen molar-refractivity contribution < 1.29 is 5.11 Å². The van der Waals surface area contributed by atoms with Gasteiger partial charge in [0.1, 0.15) is 0 Å². The minimum atomic E-state index is -0.480. The standard InChI is InChI=1S/C11H19N3O/c1-11(15)5-8-14(9-11)7-4-10-3-6-12-13(10)2/h3,6,15H,4-5,7-9H2,1-2H3. The minimum absolute atomic E-state index is 0.480. The highest BCUT2D eigenvalue weighted by atomic mass is 16.3. The van der Waals surface area contributed by atoms with Crippen LogP contribution in [0, 0.1) is 0 Å². The van der Waals surface area contributed by atoms with Crippen LogP contribution in [0.1, 0.15) is 19.0 Å². The highest BCUT2D eigenvalue weighted by Gasteiger charge is 2.30. The van der Waals surface area contributed by atoms with Crippen molar-refractivity contribution in [3.63, 3.8) is 0 Å². The van der Waals surface area contributed by atoms with Gasteiger partial charge in [-0.2, -0.15) is 5.10 Å². The number of rotatable bonds is 3. The maximum absolute atomic E-state index is 9.82. The maximum Gasteiger partial charge on any atom is 0.0758 e. The van der Waals surface area contributed by atoms with E-state index < -0.39 is 5.60 Å². The molecule has 1 fully saturated rings. The summed E-state index contributed by atoms with van der Waals surface area (Å²) in [5.41, 5.74) is 0.772. The Morgan fingerprint density at radius 3 is 2.93 bits per heavy atom. The summed E-state index contributed by atoms with van der Waals surface area (Å²) in [6, 6.07) is 2.05. The van der Waals surface area contributed by atoms with Crippen LogP contribution in [0.4, 0.5) is 0 Å². The molecule has 2 rings (SSSR count). The predicted octanol–water partition coefficient (Wildman–Crippen LogP) is 0.419. The molecule has 15 heavy (non-hydrogen) atoms. The van der Waals surface area contributed by atoms with Crippen LogP contribution in [-0.4, -0.2) is 45.0 Å². The third-order valence-corrected chi connectivity index (χ3v) is 3.14. The molecular formula is C11H19N3O. The van der Waals surface area contributed by atoms with E-state index in [1.165, 1.54) is 5.69 Å². The second-order valence-electron chi connectivity index (χ2n) is 4.72. The number of β-amino-alcohol motifs (C(OH)–C–C–N with tert-alkyl or cyclic N) is 1. The molecule has 1 N–H and O–H groups in total. The fourth-order valence-corrected chi connectivity index (χ4v) is 2.15. The number of aryl methyl sites for hydroxylation is 1. The highest BCUT2D eigenvalue weighted by Crippen LogP contribution is 2.20. The van der Waals surface area contributed by atoms with E-state index in [2.05, 4.69) is 10.00 Å². The minimum Gasteiger partial charge on any atom is -0.389 e. The van der Waals surface area contributed by atoms with Gasteiger partial charge in [-0.1, -0.05) is 0 Å². The Bertz CT molecular complexity index is 332. The molecule has 1 aromatic rings. The van der Waals surface area contributed by atoms with Gasteiger partial charge in [-0.25, -0.2) is 0 Å². The van der Waals surface area contributed by atoms with E-state index in [0.717, 1.165) is 32.5 Å². The van der Waals surface area contributed by atoms with Gasteiger partial charge in [0, 0.05) is 45.0 Å². The summed E-state index contributed by atoms with van der Waals surface area (Å²) in [6.07, 6.45) is 3.72. The van der Waals surface area contributed by atoms with Crippen LogP contribution < -0.4 is 0 Å². The van der Waals surface area contributed by atoms with Gasteiger partial charge in [0.25, 0.3) is 0 Å². The molecule has 1 aromatic heterocycles. The monoisotopic (exact) mass is 209 g/mol. The van der Waals surface area contributed by atoms with Crippen molar-refractivity contribution in [3.8, 4) is 0 Å². The number of likely N-dealkylation sites (tertiary alicyclic amines) is 1. The Labute approximate surface area is 90.5 Å². The lowest BCUT2D eigenvalue weighted by molar-refractivity contribution is 0.0689. The van der Waals surface area contributed by atoms with Gasteiger partial charge in [0.05, 0.1) is 5.60 Å². The third-order valence-electron chi connectivity index (χ3n) is 3.14. The number of aromatic nitrogens is 2. The Kier molecular flexibility index (Phi) is 2.80. The smallest absolute Gasteiger partial charge is 0.0758 e. The van der Waals surface area contributed by atoms with Crippen molar-refractivity contribution in [1.29, 1.82) is 0 Å². The molecule has 0 spiro atoms. The molecular weight excluding hydrogens is 190 g/mol. The zero-order valence-corrected chi connectivity index (χ0v) is 9.48. The average Bonchev–Trinajstić information content (AvgIpc) is 2.69. The van der Waals surface area contributed by atoms with Crippen LogP contribution in [0.3, 0.4) is 0 Å². The van der Waals surface area contributed by atoms with Crippen molar-refractivity contribution in [1.82, 2.24) is 14.7 Å². The molecule has 0 aromatic carbocycles. The van der Waals surface area contributed by atoms with Gasteiger partial charge in [-0.05, 0) is 19.4 Å². The third kappa shape index (κ3) is 2.58. The van der Waals surface area contributed by atoms with E-state index in [1.807, 2.05) is 30.9 Å². The van der Waals surface area contributed by atoms with Crippen LogP contribution in [0.15, 0.2) is 12.3 Å². The average molecular weight is 209 g/mol. The van der Waals surface area contributed by atoms with Crippen molar-refractivity contribution in [2.45, 2.75) is 25.4 Å². The summed E-state index contributed by atoms with van der Waals surface area (Å²) in [7, 11) is 1.97. The van der Waals surface area contributed by atoms with Crippen LogP contribution >= 0.6 is 0 Å². The summed E-state index contributed by atoms with van der Waals surface area (Å²) in [5, 5.41) is 14.0. The summed E-state index contributed by atoms with van der Waals surface area (Å²) in [5.74, 6) is 0. The van der Waals surface area contributed by atoms with Crippen LogP contribution in [0.5, 0.6) is 0 Å². The Hall–Kier alpha value is -0.870. The van der Waals surface area contributed by atoms with E-state index >= 15 is 0 Å². The fraction of sp³-hybridized carbons (Fsp3) is 0.727. The number of nitrogens with zero attached hydrogens (tertiary/aromatic N) is 3. The van der Waals surface area contributed by atoms with Gasteiger partial charge in [-0.15, -0.1) is 0 Å². The van der Waals surface area contributed by atoms with Crippen LogP contribution in [-0.2, 0) is 13.5 Å². The van der Waals surface area contributed by atoms with Crippen molar-refractivity contribution in [2.24, 2.45) is 7.05 Å². The lowest BCUT2D eigenvalue weighted by atomic mass is 10.1. The second kappa shape index (κ2) is 3.94. The number of hydrogen-bond acceptors (Lipinski definition) is 3. The first-order valence-electron chi connectivity index (χ1n) is 5.48. The largest absolute Gasteiger partial charge is 0.389 e. The molecule has 0 bridgehead atoms. The molecule has 2 heterocycles. The van der Waals surface area contributed by atoms with Crippen LogP contribution in [0.2, 0.25) is 0 Å². The molecule has 4 nitrogen and oxygen atoms in total. The molecule has 0 saturated carbocycles. The first-order valence-corrected chi connectivity index (χ1v) is 5.48. The SMILES string of the molecule is Cn1nccc1CCN1CCC(C)(O)C1. The Morgan fingerprint density at radius 1 is 1.60 bits per heavy atom.